The first kappa shape index (κ1) is 17.3. The SMILES string of the molecule is CCCCOC(C)c1ccccc1.Cl.N#N. The zero-order chi connectivity index (χ0) is 11.5. The van der Waals surface area contributed by atoms with Gasteiger partial charge in [0.15, 0.2) is 0 Å². The lowest BCUT2D eigenvalue weighted by molar-refractivity contribution is 0.0637. The molecule has 3 nitrogen and oxygen atoms in total. The van der Waals surface area contributed by atoms with E-state index in [0.29, 0.717) is 0 Å². The fraction of sp³-hybridized carbons (Fsp3) is 0.500. The number of benzene rings is 1. The van der Waals surface area contributed by atoms with Gasteiger partial charge in [-0.05, 0) is 18.9 Å². The molecule has 0 aliphatic heterocycles. The zero-order valence-corrected chi connectivity index (χ0v) is 10.6. The largest absolute Gasteiger partial charge is 0.374 e. The molecular weight excluding hydrogens is 224 g/mol. The summed E-state index contributed by atoms with van der Waals surface area (Å²) in [5, 5.41) is 12.0. The van der Waals surface area contributed by atoms with Gasteiger partial charge in [-0.2, -0.15) is 0 Å². The molecule has 1 atom stereocenters. The molecule has 1 unspecified atom stereocenters. The number of rotatable bonds is 5. The number of hydrogen-bond acceptors (Lipinski definition) is 3. The highest BCUT2D eigenvalue weighted by Gasteiger charge is 2.02. The van der Waals surface area contributed by atoms with Gasteiger partial charge in [0.25, 0.3) is 0 Å². The Kier molecular flexibility index (Phi) is 12.9. The molecule has 1 aromatic rings. The summed E-state index contributed by atoms with van der Waals surface area (Å²) < 4.78 is 5.67. The number of hydrogen-bond donors (Lipinski definition) is 0. The Morgan fingerprint density at radius 1 is 1.19 bits per heavy atom. The summed E-state index contributed by atoms with van der Waals surface area (Å²) >= 11 is 0. The number of unbranched alkanes of at least 4 members (excludes halogenated alkanes) is 1. The number of nitrogens with zero attached hydrogens (tertiary/aromatic N) is 2. The van der Waals surface area contributed by atoms with Crippen molar-refractivity contribution in [2.75, 3.05) is 6.61 Å². The highest BCUT2D eigenvalue weighted by atomic mass is 35.5. The molecule has 0 aliphatic rings. The third kappa shape index (κ3) is 7.22. The van der Waals surface area contributed by atoms with Gasteiger partial charge < -0.3 is 4.74 Å². The minimum atomic E-state index is 0. The lowest BCUT2D eigenvalue weighted by Gasteiger charge is -2.12. The van der Waals surface area contributed by atoms with Crippen molar-refractivity contribution >= 4 is 12.4 Å². The van der Waals surface area contributed by atoms with Crippen molar-refractivity contribution in [2.45, 2.75) is 32.8 Å². The first-order valence-electron chi connectivity index (χ1n) is 5.21. The van der Waals surface area contributed by atoms with Crippen molar-refractivity contribution in [3.63, 3.8) is 0 Å². The molecule has 1 rings (SSSR count). The zero-order valence-electron chi connectivity index (χ0n) is 9.80. The minimum absolute atomic E-state index is 0. The maximum absolute atomic E-state index is 6.00. The highest BCUT2D eigenvalue weighted by molar-refractivity contribution is 5.85. The average molecular weight is 243 g/mol. The van der Waals surface area contributed by atoms with E-state index in [2.05, 4.69) is 38.1 Å². The van der Waals surface area contributed by atoms with E-state index in [4.69, 9.17) is 15.5 Å². The second kappa shape index (κ2) is 12.0. The summed E-state index contributed by atoms with van der Waals surface area (Å²) in [5.41, 5.74) is 1.26. The standard InChI is InChI=1S/C12H18O.ClH.N2/c1-3-4-10-13-11(2)12-8-6-5-7-9-12;;1-2/h5-9,11H,3-4,10H2,1-2H3;1H;. The van der Waals surface area contributed by atoms with Gasteiger partial charge in [-0.25, -0.2) is 0 Å². The molecule has 0 bridgehead atoms. The van der Waals surface area contributed by atoms with Crippen molar-refractivity contribution in [2.24, 2.45) is 0 Å². The molecule has 1 aromatic carbocycles. The van der Waals surface area contributed by atoms with Crippen LogP contribution in [0.5, 0.6) is 0 Å². The third-order valence-corrected chi connectivity index (χ3v) is 2.13. The highest BCUT2D eigenvalue weighted by Crippen LogP contribution is 2.15. The van der Waals surface area contributed by atoms with Crippen molar-refractivity contribution in [1.82, 2.24) is 0 Å². The van der Waals surface area contributed by atoms with Crippen LogP contribution in [0.25, 0.3) is 0 Å². The molecule has 0 spiro atoms. The molecule has 0 radical (unpaired) electrons. The van der Waals surface area contributed by atoms with Crippen LogP contribution in [0.1, 0.15) is 38.4 Å². The van der Waals surface area contributed by atoms with Crippen molar-refractivity contribution < 1.29 is 4.74 Å². The molecule has 0 N–H and O–H groups in total. The van der Waals surface area contributed by atoms with Gasteiger partial charge in [-0.3, -0.25) is 0 Å². The molecule has 0 heterocycles. The summed E-state index contributed by atoms with van der Waals surface area (Å²) in [4.78, 5) is 0. The molecule has 16 heavy (non-hydrogen) atoms. The van der Waals surface area contributed by atoms with Crippen LogP contribution in [0.2, 0.25) is 0 Å². The Labute approximate surface area is 104 Å². The third-order valence-electron chi connectivity index (χ3n) is 2.13. The lowest BCUT2D eigenvalue weighted by Crippen LogP contribution is -2.00. The second-order valence-electron chi connectivity index (χ2n) is 3.28. The minimum Gasteiger partial charge on any atom is -0.374 e. The first-order valence-corrected chi connectivity index (χ1v) is 5.21. The van der Waals surface area contributed by atoms with E-state index in [0.717, 1.165) is 13.0 Å². The smallest absolute Gasteiger partial charge is 0.0796 e. The van der Waals surface area contributed by atoms with E-state index in [-0.39, 0.29) is 18.5 Å². The van der Waals surface area contributed by atoms with Gasteiger partial charge in [0.05, 0.1) is 6.10 Å². The summed E-state index contributed by atoms with van der Waals surface area (Å²) in [6, 6.07) is 10.3. The van der Waals surface area contributed by atoms with Gasteiger partial charge in [0, 0.05) is 17.4 Å². The molecule has 0 saturated carbocycles. The van der Waals surface area contributed by atoms with E-state index in [1.807, 2.05) is 6.07 Å². The molecule has 0 saturated heterocycles. The van der Waals surface area contributed by atoms with Crippen LogP contribution in [-0.4, -0.2) is 6.61 Å². The normalized spacial score (nSPS) is 10.5. The molecular formula is C12H19ClN2O. The summed E-state index contributed by atoms with van der Waals surface area (Å²) in [7, 11) is 0. The first-order chi connectivity index (χ1) is 7.34. The summed E-state index contributed by atoms with van der Waals surface area (Å²) in [6.07, 6.45) is 2.58. The van der Waals surface area contributed by atoms with E-state index in [1.54, 1.807) is 0 Å². The van der Waals surface area contributed by atoms with E-state index in [9.17, 15) is 0 Å². The van der Waals surface area contributed by atoms with Crippen LogP contribution >= 0.6 is 12.4 Å². The van der Waals surface area contributed by atoms with Gasteiger partial charge in [0.1, 0.15) is 0 Å². The van der Waals surface area contributed by atoms with Gasteiger partial charge >= 0.3 is 0 Å². The Morgan fingerprint density at radius 3 is 2.25 bits per heavy atom. The van der Waals surface area contributed by atoms with Crippen LogP contribution in [0.15, 0.2) is 30.3 Å². The fourth-order valence-corrected chi connectivity index (χ4v) is 1.22. The molecule has 4 heteroatoms. The van der Waals surface area contributed by atoms with Crippen LogP contribution in [0.4, 0.5) is 0 Å². The molecule has 90 valence electrons. The van der Waals surface area contributed by atoms with Gasteiger partial charge in [0.2, 0.25) is 0 Å². The van der Waals surface area contributed by atoms with Crippen LogP contribution in [-0.2, 0) is 4.74 Å². The van der Waals surface area contributed by atoms with Crippen LogP contribution in [0.3, 0.4) is 0 Å². The molecule has 0 aromatic heterocycles. The monoisotopic (exact) mass is 242 g/mol. The maximum atomic E-state index is 6.00. The Hall–Kier alpha value is -1.11. The van der Waals surface area contributed by atoms with Gasteiger partial charge in [-0.15, -0.1) is 12.4 Å². The van der Waals surface area contributed by atoms with E-state index in [1.165, 1.54) is 12.0 Å². The number of halogens is 1. The van der Waals surface area contributed by atoms with Gasteiger partial charge in [-0.1, -0.05) is 43.7 Å². The van der Waals surface area contributed by atoms with Crippen molar-refractivity contribution in [3.05, 3.63) is 35.9 Å². The maximum Gasteiger partial charge on any atom is 0.0796 e. The number of ether oxygens (including phenoxy) is 1. The second-order valence-corrected chi connectivity index (χ2v) is 3.28. The quantitative estimate of drug-likeness (QED) is 0.579. The van der Waals surface area contributed by atoms with Crippen molar-refractivity contribution in [3.8, 4) is 0 Å². The summed E-state index contributed by atoms with van der Waals surface area (Å²) in [6.45, 7) is 5.15. The predicted octanol–water partition coefficient (Wildman–Crippen LogP) is 4.02. The molecule has 0 amide bonds. The topological polar surface area (TPSA) is 56.8 Å². The lowest BCUT2D eigenvalue weighted by atomic mass is 10.1. The Morgan fingerprint density at radius 2 is 1.75 bits per heavy atom. The van der Waals surface area contributed by atoms with Crippen molar-refractivity contribution in [1.29, 1.82) is 10.8 Å². The Balaban J connectivity index is 0. The summed E-state index contributed by atoms with van der Waals surface area (Å²) in [5.74, 6) is 0. The molecule has 0 fully saturated rings. The molecule has 0 aliphatic carbocycles. The predicted molar refractivity (Wildman–Crippen MR) is 66.4 cm³/mol. The fourth-order valence-electron chi connectivity index (χ4n) is 1.22. The van der Waals surface area contributed by atoms with E-state index >= 15 is 0 Å². The van der Waals surface area contributed by atoms with E-state index < -0.39 is 0 Å². The Bertz CT molecular complexity index is 264. The average Bonchev–Trinajstić information content (AvgIpc) is 2.33. The van der Waals surface area contributed by atoms with Crippen LogP contribution < -0.4 is 0 Å². The van der Waals surface area contributed by atoms with Crippen LogP contribution in [0, 0.1) is 10.8 Å².